The maximum absolute atomic E-state index is 12.4. The van der Waals surface area contributed by atoms with Crippen molar-refractivity contribution in [3.05, 3.63) is 52.3 Å². The molecule has 0 spiro atoms. The number of hydrogen-bond donors (Lipinski definition) is 3. The van der Waals surface area contributed by atoms with Crippen molar-refractivity contribution < 1.29 is 12.6 Å². The normalized spacial score (nSPS) is 10.5. The molecule has 0 fully saturated rings. The summed E-state index contributed by atoms with van der Waals surface area (Å²) in [5.74, 6) is 1.52. The third-order valence-electron chi connectivity index (χ3n) is 4.88. The van der Waals surface area contributed by atoms with E-state index in [1.165, 1.54) is 0 Å². The Hall–Kier alpha value is -3.41. The second kappa shape index (κ2) is 10.9. The number of rotatable bonds is 10. The first-order chi connectivity index (χ1) is 15.9. The lowest BCUT2D eigenvalue weighted by Crippen LogP contribution is -2.12. The predicted octanol–water partition coefficient (Wildman–Crippen LogP) is 4.02. The van der Waals surface area contributed by atoms with Crippen LogP contribution >= 0.6 is 23.0 Å². The zero-order chi connectivity index (χ0) is 24.0. The lowest BCUT2D eigenvalue weighted by molar-refractivity contribution is -0.117. The lowest BCUT2D eigenvalue weighted by Gasteiger charge is -2.14. The van der Waals surface area contributed by atoms with Crippen LogP contribution in [-0.2, 0) is 11.2 Å². The number of halogens is 1. The molecular formula is C23H24IN5O4. The first kappa shape index (κ1) is 24.2. The van der Waals surface area contributed by atoms with Crippen LogP contribution in [0, 0.1) is 0 Å². The van der Waals surface area contributed by atoms with Crippen molar-refractivity contribution >= 4 is 47.1 Å². The Morgan fingerprint density at radius 1 is 1.27 bits per heavy atom. The highest BCUT2D eigenvalue weighted by Crippen LogP contribution is 2.35. The average molecular weight is 561 g/mol. The number of amides is 1. The fourth-order valence-corrected chi connectivity index (χ4v) is 3.63. The van der Waals surface area contributed by atoms with Crippen LogP contribution < -0.4 is 24.4 Å². The van der Waals surface area contributed by atoms with E-state index in [1.807, 2.05) is 66.3 Å². The van der Waals surface area contributed by atoms with Gasteiger partial charge < -0.3 is 23.8 Å². The average Bonchev–Trinajstić information content (AvgIpc) is 2.82. The number of aromatic nitrogens is 2. The van der Waals surface area contributed by atoms with E-state index in [4.69, 9.17) is 13.5 Å². The van der Waals surface area contributed by atoms with E-state index in [-0.39, 0.29) is 18.0 Å². The number of nitrogens with two attached hydrogens (primary N) is 1. The summed E-state index contributed by atoms with van der Waals surface area (Å²) in [4.78, 5) is 34.6. The topological polar surface area (TPSA) is 132 Å². The van der Waals surface area contributed by atoms with Gasteiger partial charge in [0.1, 0.15) is 17.3 Å². The summed E-state index contributed by atoms with van der Waals surface area (Å²) in [7, 11) is 1.66. The molecule has 0 atom stereocenters. The number of primary amides is 1. The summed E-state index contributed by atoms with van der Waals surface area (Å²) >= 11 is 1.82. The fraction of sp³-hybridized carbons (Fsp3) is 0.217. The third kappa shape index (κ3) is 5.69. The minimum atomic E-state index is -0.406. The number of H-pyrrole nitrogens is 1. The second-order valence-electron chi connectivity index (χ2n) is 7.07. The van der Waals surface area contributed by atoms with Gasteiger partial charge in [-0.05, 0) is 61.0 Å². The van der Waals surface area contributed by atoms with E-state index < -0.39 is 5.56 Å². The molecule has 3 rings (SSSR count). The molecule has 0 bridgehead atoms. The molecule has 0 radical (unpaired) electrons. The fourth-order valence-electron chi connectivity index (χ4n) is 3.37. The van der Waals surface area contributed by atoms with Crippen LogP contribution in [-0.4, -0.2) is 36.2 Å². The second-order valence-corrected chi connectivity index (χ2v) is 7.51. The quantitative estimate of drug-likeness (QED) is 0.253. The molecule has 1 amide bonds. The van der Waals surface area contributed by atoms with Crippen molar-refractivity contribution in [3.63, 3.8) is 0 Å². The smallest absolute Gasteiger partial charge is 0.279 e. The molecule has 0 aliphatic heterocycles. The van der Waals surface area contributed by atoms with E-state index in [0.29, 0.717) is 41.7 Å². The third-order valence-corrected chi connectivity index (χ3v) is 5.38. The number of nitrogens with zero attached hydrogens (tertiary/aromatic N) is 2. The molecule has 172 valence electrons. The van der Waals surface area contributed by atoms with Crippen molar-refractivity contribution in [2.24, 2.45) is 10.7 Å². The van der Waals surface area contributed by atoms with Crippen molar-refractivity contribution in [2.45, 2.75) is 19.8 Å². The summed E-state index contributed by atoms with van der Waals surface area (Å²) in [5, 5.41) is 2.87. The minimum absolute atomic E-state index is 0.120. The van der Waals surface area contributed by atoms with Gasteiger partial charge in [0.15, 0.2) is 34.5 Å². The van der Waals surface area contributed by atoms with Gasteiger partial charge in [0.05, 0.1) is 12.2 Å². The van der Waals surface area contributed by atoms with Crippen LogP contribution in [0.2, 0.25) is 0 Å². The summed E-state index contributed by atoms with van der Waals surface area (Å²) in [6, 6.07) is 11.4. The Labute approximate surface area is 205 Å². The molecule has 0 unspecified atom stereocenters. The molecule has 0 saturated heterocycles. The molecule has 2 aromatic carbocycles. The number of aliphatic imine (C=N–C) groups is 1. The number of aromatic amines is 1. The number of aryl methyl sites for hydroxylation is 1. The number of carbonyl (C=O) groups is 1. The molecule has 9 nitrogen and oxygen atoms in total. The zero-order valence-electron chi connectivity index (χ0n) is 18.3. The van der Waals surface area contributed by atoms with Crippen LogP contribution in [0.5, 0.6) is 11.5 Å². The largest absolute Gasteiger partial charge is 0.493 e. The number of ether oxygens (including phenoxy) is 1. The van der Waals surface area contributed by atoms with E-state index in [1.54, 1.807) is 7.05 Å². The minimum Gasteiger partial charge on any atom is -0.493 e. The summed E-state index contributed by atoms with van der Waals surface area (Å²) < 4.78 is 11.3. The van der Waals surface area contributed by atoms with Crippen LogP contribution in [0.1, 0.15) is 18.9 Å². The number of nitrogens with one attached hydrogen (secondary N) is 2. The van der Waals surface area contributed by atoms with E-state index in [9.17, 15) is 9.59 Å². The molecule has 4 N–H and O–H groups in total. The van der Waals surface area contributed by atoms with Crippen molar-refractivity contribution in [1.82, 2.24) is 9.97 Å². The van der Waals surface area contributed by atoms with Crippen molar-refractivity contribution in [3.8, 4) is 34.0 Å². The maximum Gasteiger partial charge on any atom is 0.279 e. The Kier molecular flexibility index (Phi) is 8.04. The van der Waals surface area contributed by atoms with Gasteiger partial charge >= 0.3 is 0 Å². The highest BCUT2D eigenvalue weighted by Gasteiger charge is 2.16. The number of carbonyl (C=O) groups excluding carboxylic acids is 1. The SMILES string of the molecule is C=Nc1c(NC)nc(-c2ccc(-c3cc(CCC(N)=O)cc(OI)c3)cc2OCC)[nH]c1=O. The number of anilines is 1. The molecule has 1 aromatic heterocycles. The monoisotopic (exact) mass is 561 g/mol. The highest BCUT2D eigenvalue weighted by molar-refractivity contribution is 14.1. The van der Waals surface area contributed by atoms with Crippen molar-refractivity contribution in [2.75, 3.05) is 19.0 Å². The van der Waals surface area contributed by atoms with Crippen LogP contribution in [0.3, 0.4) is 0 Å². The summed E-state index contributed by atoms with van der Waals surface area (Å²) in [5.41, 5.74) is 8.33. The van der Waals surface area contributed by atoms with Gasteiger partial charge in [-0.3, -0.25) is 14.6 Å². The van der Waals surface area contributed by atoms with Gasteiger partial charge in [-0.15, -0.1) is 0 Å². The summed E-state index contributed by atoms with van der Waals surface area (Å²) in [6.45, 7) is 5.73. The Morgan fingerprint density at radius 2 is 2.06 bits per heavy atom. The number of hydrogen-bond acceptors (Lipinski definition) is 7. The van der Waals surface area contributed by atoms with Gasteiger partial charge in [0, 0.05) is 13.5 Å². The summed E-state index contributed by atoms with van der Waals surface area (Å²) in [6.07, 6.45) is 0.754. The highest BCUT2D eigenvalue weighted by atomic mass is 127. The molecular weight excluding hydrogens is 537 g/mol. The first-order valence-electron chi connectivity index (χ1n) is 10.2. The van der Waals surface area contributed by atoms with E-state index in [2.05, 4.69) is 27.0 Å². The molecule has 10 heteroatoms. The standard InChI is InChI=1S/C23H24IN5O4/c1-4-32-18-12-14(15-9-13(5-8-19(25)30)10-16(11-15)33-24)6-7-17(18)21-28-22(27-3)20(26-2)23(31)29-21/h6-7,9-12H,2,4-5,8H2,1,3H3,(H2,25,30)(H2,27,28,29,31). The Balaban J connectivity index is 2.10. The molecule has 0 aliphatic carbocycles. The Bertz CT molecular complexity index is 1240. The Morgan fingerprint density at radius 3 is 2.70 bits per heavy atom. The number of benzene rings is 2. The predicted molar refractivity (Wildman–Crippen MR) is 138 cm³/mol. The van der Waals surface area contributed by atoms with Crippen molar-refractivity contribution in [1.29, 1.82) is 0 Å². The molecule has 0 saturated carbocycles. The molecule has 33 heavy (non-hydrogen) atoms. The van der Waals surface area contributed by atoms with Gasteiger partial charge in [0.25, 0.3) is 5.56 Å². The van der Waals surface area contributed by atoms with Crippen LogP contribution in [0.15, 0.2) is 46.2 Å². The van der Waals surface area contributed by atoms with E-state index in [0.717, 1.165) is 16.7 Å². The maximum atomic E-state index is 12.4. The van der Waals surface area contributed by atoms with E-state index >= 15 is 0 Å². The lowest BCUT2D eigenvalue weighted by atomic mass is 9.98. The van der Waals surface area contributed by atoms with Crippen LogP contribution in [0.25, 0.3) is 22.5 Å². The van der Waals surface area contributed by atoms with Crippen LogP contribution in [0.4, 0.5) is 11.5 Å². The molecule has 3 aromatic rings. The molecule has 1 heterocycles. The van der Waals surface area contributed by atoms with Gasteiger partial charge in [0.2, 0.25) is 5.91 Å². The zero-order valence-corrected chi connectivity index (χ0v) is 20.4. The van der Waals surface area contributed by atoms with Gasteiger partial charge in [-0.25, -0.2) is 4.98 Å². The molecule has 0 aliphatic rings. The van der Waals surface area contributed by atoms with Gasteiger partial charge in [-0.1, -0.05) is 12.1 Å². The first-order valence-corrected chi connectivity index (χ1v) is 11.1. The van der Waals surface area contributed by atoms with Gasteiger partial charge in [-0.2, -0.15) is 0 Å².